The first-order valence-electron chi connectivity index (χ1n) is 7.33. The number of hydrogen-bond donors (Lipinski definition) is 1. The maximum absolute atomic E-state index is 13.1. The van der Waals surface area contributed by atoms with E-state index in [2.05, 4.69) is 20.5 Å². The highest BCUT2D eigenvalue weighted by atomic mass is 19.3. The molecular formula is C14H12F4N6O2. The van der Waals surface area contributed by atoms with E-state index in [1.165, 1.54) is 0 Å². The van der Waals surface area contributed by atoms with Crippen molar-refractivity contribution in [2.75, 3.05) is 0 Å². The maximum Gasteiger partial charge on any atom is 0.287 e. The molecule has 0 spiro atoms. The predicted octanol–water partition coefficient (Wildman–Crippen LogP) is 1.15. The molecule has 0 radical (unpaired) electrons. The zero-order valence-corrected chi connectivity index (χ0v) is 13.0. The van der Waals surface area contributed by atoms with E-state index < -0.39 is 43.2 Å². The van der Waals surface area contributed by atoms with Gasteiger partial charge in [-0.15, -0.1) is 10.2 Å². The van der Waals surface area contributed by atoms with Crippen molar-refractivity contribution in [2.45, 2.75) is 31.5 Å². The van der Waals surface area contributed by atoms with E-state index in [0.29, 0.717) is 5.56 Å². The Hall–Kier alpha value is -2.89. The van der Waals surface area contributed by atoms with Crippen molar-refractivity contribution in [3.8, 4) is 11.4 Å². The maximum atomic E-state index is 13.1. The number of carbonyl (C=O) groups is 1. The van der Waals surface area contributed by atoms with Crippen molar-refractivity contribution >= 4 is 11.6 Å². The number of rotatable bonds is 5. The third-order valence-corrected chi connectivity index (χ3v) is 3.64. The minimum atomic E-state index is -3.49. The molecule has 0 bridgehead atoms. The molecule has 138 valence electrons. The normalized spacial score (nSPS) is 20.1. The van der Waals surface area contributed by atoms with Gasteiger partial charge in [0.15, 0.2) is 0 Å². The van der Waals surface area contributed by atoms with Gasteiger partial charge in [0.25, 0.3) is 18.8 Å². The van der Waals surface area contributed by atoms with E-state index >= 15 is 0 Å². The predicted molar refractivity (Wildman–Crippen MR) is 79.1 cm³/mol. The number of carbonyl (C=O) groups excluding carboxylic acids is 1. The molecule has 1 aliphatic heterocycles. The van der Waals surface area contributed by atoms with Crippen LogP contribution in [0.1, 0.15) is 6.42 Å². The Morgan fingerprint density at radius 2 is 1.92 bits per heavy atom. The van der Waals surface area contributed by atoms with E-state index in [0.717, 1.165) is 4.80 Å². The Morgan fingerprint density at radius 3 is 2.54 bits per heavy atom. The van der Waals surface area contributed by atoms with Crippen LogP contribution in [-0.4, -0.2) is 60.5 Å². The molecule has 0 saturated carbocycles. The summed E-state index contributed by atoms with van der Waals surface area (Å²) in [5.41, 5.74) is -3.53. The number of halogens is 4. The fourth-order valence-electron chi connectivity index (χ4n) is 2.35. The van der Waals surface area contributed by atoms with Gasteiger partial charge >= 0.3 is 0 Å². The molecule has 1 amide bonds. The van der Waals surface area contributed by atoms with Crippen molar-refractivity contribution in [3.63, 3.8) is 0 Å². The second-order valence-electron chi connectivity index (χ2n) is 5.46. The summed E-state index contributed by atoms with van der Waals surface area (Å²) in [6, 6.07) is 8.62. The number of aromatic nitrogens is 4. The van der Waals surface area contributed by atoms with Crippen molar-refractivity contribution in [1.29, 1.82) is 0 Å². The molecule has 1 aliphatic rings. The lowest BCUT2D eigenvalue weighted by Crippen LogP contribution is -2.52. The van der Waals surface area contributed by atoms with Gasteiger partial charge in [0.1, 0.15) is 12.3 Å². The summed E-state index contributed by atoms with van der Waals surface area (Å²) >= 11 is 0. The molecule has 2 aromatic rings. The monoisotopic (exact) mass is 372 g/mol. The first kappa shape index (κ1) is 17.9. The van der Waals surface area contributed by atoms with Crippen LogP contribution in [0.4, 0.5) is 17.6 Å². The number of amides is 1. The molecule has 0 saturated heterocycles. The summed E-state index contributed by atoms with van der Waals surface area (Å²) in [6.07, 6.45) is -7.81. The highest BCUT2D eigenvalue weighted by Crippen LogP contribution is 2.33. The Bertz CT molecular complexity index is 828. The quantitative estimate of drug-likeness (QED) is 0.795. The average molecular weight is 372 g/mol. The molecule has 26 heavy (non-hydrogen) atoms. The molecule has 12 heteroatoms. The molecule has 3 rings (SSSR count). The SMILES string of the molecule is O=C(Cn1nnc(-c2ccccc2)n1)N1N=C(C(F)F)CC1(O)C(F)F. The fraction of sp³-hybridized carbons (Fsp3) is 0.357. The zero-order valence-electron chi connectivity index (χ0n) is 13.0. The van der Waals surface area contributed by atoms with E-state index in [4.69, 9.17) is 0 Å². The molecule has 1 aromatic carbocycles. The number of hydrazone groups is 1. The summed E-state index contributed by atoms with van der Waals surface area (Å²) in [5.74, 6) is -0.999. The Kier molecular flexibility index (Phi) is 4.68. The third-order valence-electron chi connectivity index (χ3n) is 3.64. The minimum absolute atomic E-state index is 0.0370. The van der Waals surface area contributed by atoms with Crippen molar-refractivity contribution < 1.29 is 27.5 Å². The summed E-state index contributed by atoms with van der Waals surface area (Å²) in [5, 5.41) is 24.3. The number of alkyl halides is 4. The smallest absolute Gasteiger partial charge is 0.287 e. The number of benzene rings is 1. The largest absolute Gasteiger partial charge is 0.364 e. The molecule has 1 unspecified atom stereocenters. The minimum Gasteiger partial charge on any atom is -0.364 e. The van der Waals surface area contributed by atoms with Gasteiger partial charge in [-0.05, 0) is 5.21 Å². The number of nitrogens with zero attached hydrogens (tertiary/aromatic N) is 6. The number of aliphatic hydroxyl groups is 1. The van der Waals surface area contributed by atoms with Crippen LogP contribution >= 0.6 is 0 Å². The van der Waals surface area contributed by atoms with Crippen LogP contribution in [0.25, 0.3) is 11.4 Å². The summed E-state index contributed by atoms with van der Waals surface area (Å²) < 4.78 is 51.7. The Morgan fingerprint density at radius 1 is 1.23 bits per heavy atom. The van der Waals surface area contributed by atoms with E-state index in [1.54, 1.807) is 30.3 Å². The second kappa shape index (κ2) is 6.78. The molecule has 8 nitrogen and oxygen atoms in total. The molecule has 0 fully saturated rings. The number of hydrogen-bond acceptors (Lipinski definition) is 6. The lowest BCUT2D eigenvalue weighted by atomic mass is 10.1. The molecule has 2 heterocycles. The van der Waals surface area contributed by atoms with Crippen LogP contribution in [0.5, 0.6) is 0 Å². The fourth-order valence-corrected chi connectivity index (χ4v) is 2.35. The topological polar surface area (TPSA) is 96.5 Å². The third kappa shape index (κ3) is 3.27. The van der Waals surface area contributed by atoms with Gasteiger partial charge in [0.05, 0.1) is 0 Å². The first-order valence-corrected chi connectivity index (χ1v) is 7.33. The summed E-state index contributed by atoms with van der Waals surface area (Å²) in [4.78, 5) is 13.0. The standard InChI is InChI=1S/C14H12F4N6O2/c15-11(16)9-6-14(26,13(17)18)24(20-9)10(25)7-23-21-12(19-22-23)8-4-2-1-3-5-8/h1-5,11,13,26H,6-7H2. The van der Waals surface area contributed by atoms with Gasteiger partial charge in [0, 0.05) is 12.0 Å². The van der Waals surface area contributed by atoms with E-state index in [-0.39, 0.29) is 10.8 Å². The lowest BCUT2D eigenvalue weighted by molar-refractivity contribution is -0.192. The zero-order chi connectivity index (χ0) is 18.9. The molecular weight excluding hydrogens is 360 g/mol. The number of tetrazole rings is 1. The van der Waals surface area contributed by atoms with Crippen molar-refractivity contribution in [3.05, 3.63) is 30.3 Å². The van der Waals surface area contributed by atoms with Crippen molar-refractivity contribution in [1.82, 2.24) is 25.2 Å². The highest BCUT2D eigenvalue weighted by Gasteiger charge is 2.53. The lowest BCUT2D eigenvalue weighted by Gasteiger charge is -2.29. The second-order valence-corrected chi connectivity index (χ2v) is 5.46. The van der Waals surface area contributed by atoms with Gasteiger partial charge in [-0.1, -0.05) is 30.3 Å². The van der Waals surface area contributed by atoms with Gasteiger partial charge in [-0.2, -0.15) is 14.9 Å². The molecule has 1 N–H and O–H groups in total. The van der Waals surface area contributed by atoms with Crippen molar-refractivity contribution in [2.24, 2.45) is 5.10 Å². The van der Waals surface area contributed by atoms with Crippen LogP contribution in [0, 0.1) is 0 Å². The van der Waals surface area contributed by atoms with E-state index in [9.17, 15) is 27.5 Å². The Labute approximate surface area is 143 Å². The van der Waals surface area contributed by atoms with Gasteiger partial charge in [0.2, 0.25) is 11.5 Å². The summed E-state index contributed by atoms with van der Waals surface area (Å²) in [6.45, 7) is -0.713. The molecule has 1 aromatic heterocycles. The van der Waals surface area contributed by atoms with Crippen LogP contribution in [0.3, 0.4) is 0 Å². The van der Waals surface area contributed by atoms with Crippen LogP contribution < -0.4 is 0 Å². The molecule has 1 atom stereocenters. The van der Waals surface area contributed by atoms with Crippen LogP contribution in [0.2, 0.25) is 0 Å². The van der Waals surface area contributed by atoms with E-state index in [1.807, 2.05) is 0 Å². The van der Waals surface area contributed by atoms with Gasteiger partial charge < -0.3 is 5.11 Å². The first-order chi connectivity index (χ1) is 12.3. The van der Waals surface area contributed by atoms with Crippen LogP contribution in [-0.2, 0) is 11.3 Å². The van der Waals surface area contributed by atoms with Gasteiger partial charge in [-0.25, -0.2) is 17.6 Å². The molecule has 0 aliphatic carbocycles. The van der Waals surface area contributed by atoms with Gasteiger partial charge in [-0.3, -0.25) is 4.79 Å². The average Bonchev–Trinajstić information content (AvgIpc) is 3.21. The van der Waals surface area contributed by atoms with Crippen LogP contribution in [0.15, 0.2) is 35.4 Å². The highest BCUT2D eigenvalue weighted by molar-refractivity contribution is 5.92. The Balaban J connectivity index is 1.79. The summed E-state index contributed by atoms with van der Waals surface area (Å²) in [7, 11) is 0.